The zero-order valence-corrected chi connectivity index (χ0v) is 13.1. The van der Waals surface area contributed by atoms with E-state index in [1.54, 1.807) is 0 Å². The first-order valence-electron chi connectivity index (χ1n) is 7.50. The van der Waals surface area contributed by atoms with Crippen molar-refractivity contribution >= 4 is 11.6 Å². The molecule has 0 radical (unpaired) electrons. The summed E-state index contributed by atoms with van der Waals surface area (Å²) < 4.78 is 57.6. The third kappa shape index (κ3) is 4.13. The van der Waals surface area contributed by atoms with E-state index in [-0.39, 0.29) is 12.0 Å². The molecule has 22 heavy (non-hydrogen) atoms. The molecule has 0 bridgehead atoms. The van der Waals surface area contributed by atoms with Gasteiger partial charge in [0.25, 0.3) is 0 Å². The van der Waals surface area contributed by atoms with E-state index in [2.05, 4.69) is 0 Å². The lowest BCUT2D eigenvalue weighted by molar-refractivity contribution is -0.139. The van der Waals surface area contributed by atoms with E-state index in [0.717, 1.165) is 44.8 Å². The van der Waals surface area contributed by atoms with Crippen molar-refractivity contribution in [3.8, 4) is 0 Å². The molecular weight excluding hydrogens is 320 g/mol. The highest BCUT2D eigenvalue weighted by atomic mass is 35.5. The number of ether oxygens (including phenoxy) is 1. The predicted octanol–water partition coefficient (Wildman–Crippen LogP) is 5.95. The Morgan fingerprint density at radius 1 is 1.18 bits per heavy atom. The molecule has 0 heterocycles. The summed E-state index contributed by atoms with van der Waals surface area (Å²) in [4.78, 5) is 0. The Balaban J connectivity index is 2.09. The molecule has 124 valence electrons. The van der Waals surface area contributed by atoms with Crippen LogP contribution < -0.4 is 0 Å². The Bertz CT molecular complexity index is 484. The second-order valence-corrected chi connectivity index (χ2v) is 6.11. The lowest BCUT2D eigenvalue weighted by atomic mass is 9.82. The fraction of sp³-hybridized carbons (Fsp3) is 0.625. The molecule has 0 unspecified atom stereocenters. The van der Waals surface area contributed by atoms with Crippen LogP contribution in [0, 0.1) is 5.82 Å². The predicted molar refractivity (Wildman–Crippen MR) is 77.7 cm³/mol. The van der Waals surface area contributed by atoms with Gasteiger partial charge in [-0.25, -0.2) is 4.39 Å². The van der Waals surface area contributed by atoms with Crippen LogP contribution in [0.5, 0.6) is 0 Å². The summed E-state index contributed by atoms with van der Waals surface area (Å²) in [5.41, 5.74) is -0.831. The van der Waals surface area contributed by atoms with Crippen LogP contribution in [0.2, 0.25) is 5.02 Å². The van der Waals surface area contributed by atoms with Gasteiger partial charge in [0.1, 0.15) is 11.4 Å². The average Bonchev–Trinajstić information content (AvgIpc) is 2.43. The molecule has 0 amide bonds. The van der Waals surface area contributed by atoms with Crippen LogP contribution in [-0.2, 0) is 10.9 Å². The van der Waals surface area contributed by atoms with Crippen molar-refractivity contribution < 1.29 is 22.3 Å². The van der Waals surface area contributed by atoms with Gasteiger partial charge in [0.15, 0.2) is 0 Å². The van der Waals surface area contributed by atoms with Crippen molar-refractivity contribution in [1.82, 2.24) is 0 Å². The first-order valence-corrected chi connectivity index (χ1v) is 7.88. The lowest BCUT2D eigenvalue weighted by Crippen LogP contribution is -2.21. The van der Waals surface area contributed by atoms with E-state index >= 15 is 0 Å². The monoisotopic (exact) mass is 338 g/mol. The fourth-order valence-electron chi connectivity index (χ4n) is 2.95. The highest BCUT2D eigenvalue weighted by molar-refractivity contribution is 6.31. The van der Waals surface area contributed by atoms with Crippen LogP contribution >= 0.6 is 11.6 Å². The Labute approximate surface area is 132 Å². The van der Waals surface area contributed by atoms with Gasteiger partial charge in [-0.2, -0.15) is 13.2 Å². The van der Waals surface area contributed by atoms with Crippen LogP contribution in [-0.4, -0.2) is 12.7 Å². The molecule has 1 saturated carbocycles. The number of benzene rings is 1. The van der Waals surface area contributed by atoms with E-state index in [1.807, 2.05) is 6.92 Å². The summed E-state index contributed by atoms with van der Waals surface area (Å²) in [6.07, 6.45) is -0.391. The quantitative estimate of drug-likeness (QED) is 0.616. The molecule has 1 aliphatic rings. The van der Waals surface area contributed by atoms with Gasteiger partial charge in [0.2, 0.25) is 0 Å². The first-order chi connectivity index (χ1) is 10.3. The van der Waals surface area contributed by atoms with Crippen molar-refractivity contribution in [2.45, 2.75) is 57.2 Å². The minimum absolute atomic E-state index is 0.0377. The zero-order valence-electron chi connectivity index (χ0n) is 12.4. The number of hydrogen-bond acceptors (Lipinski definition) is 1. The number of rotatable bonds is 4. The summed E-state index contributed by atoms with van der Waals surface area (Å²) in [5.74, 6) is -1.25. The van der Waals surface area contributed by atoms with Crippen molar-refractivity contribution in [2.75, 3.05) is 6.61 Å². The summed E-state index contributed by atoms with van der Waals surface area (Å²) >= 11 is 5.65. The molecule has 1 aromatic rings. The number of halogens is 5. The Hall–Kier alpha value is -0.810. The molecule has 6 heteroatoms. The maximum atomic E-state index is 13.8. The normalized spacial score (nSPS) is 22.8. The lowest BCUT2D eigenvalue weighted by Gasteiger charge is -2.29. The minimum atomic E-state index is -4.77. The van der Waals surface area contributed by atoms with Crippen molar-refractivity contribution in [3.05, 3.63) is 34.1 Å². The highest BCUT2D eigenvalue weighted by Crippen LogP contribution is 2.41. The molecule has 2 rings (SSSR count). The van der Waals surface area contributed by atoms with Gasteiger partial charge < -0.3 is 4.74 Å². The minimum Gasteiger partial charge on any atom is -0.378 e. The van der Waals surface area contributed by atoms with Gasteiger partial charge in [-0.3, -0.25) is 0 Å². The topological polar surface area (TPSA) is 9.23 Å². The van der Waals surface area contributed by atoms with Crippen LogP contribution in [0.1, 0.15) is 56.1 Å². The molecule has 0 atom stereocenters. The number of alkyl halides is 3. The Kier molecular flexibility index (Phi) is 5.72. The second kappa shape index (κ2) is 7.18. The maximum absolute atomic E-state index is 13.8. The van der Waals surface area contributed by atoms with E-state index in [0.29, 0.717) is 5.56 Å². The van der Waals surface area contributed by atoms with Gasteiger partial charge in [-0.15, -0.1) is 0 Å². The molecule has 1 aliphatic carbocycles. The maximum Gasteiger partial charge on any atom is 0.420 e. The van der Waals surface area contributed by atoms with Crippen LogP contribution in [0.25, 0.3) is 0 Å². The van der Waals surface area contributed by atoms with Crippen LogP contribution in [0.3, 0.4) is 0 Å². The SMILES string of the molecule is CCCO[C@H]1CC[C@H](c2cc(F)c(C(F)(F)F)c(Cl)c2)CC1. The summed E-state index contributed by atoms with van der Waals surface area (Å²) in [6.45, 7) is 2.76. The van der Waals surface area contributed by atoms with E-state index < -0.39 is 22.6 Å². The molecule has 0 saturated heterocycles. The average molecular weight is 339 g/mol. The zero-order chi connectivity index (χ0) is 16.3. The fourth-order valence-corrected chi connectivity index (χ4v) is 3.27. The summed E-state index contributed by atoms with van der Waals surface area (Å²) in [7, 11) is 0. The van der Waals surface area contributed by atoms with E-state index in [4.69, 9.17) is 16.3 Å². The van der Waals surface area contributed by atoms with Crippen LogP contribution in [0.15, 0.2) is 12.1 Å². The number of hydrogen-bond donors (Lipinski definition) is 0. The molecular formula is C16H19ClF4O. The molecule has 0 aliphatic heterocycles. The molecule has 0 N–H and O–H groups in total. The second-order valence-electron chi connectivity index (χ2n) is 5.70. The van der Waals surface area contributed by atoms with Gasteiger partial charge >= 0.3 is 6.18 Å². The molecule has 0 spiro atoms. The van der Waals surface area contributed by atoms with Crippen molar-refractivity contribution in [2.24, 2.45) is 0 Å². The molecule has 0 aromatic heterocycles. The largest absolute Gasteiger partial charge is 0.420 e. The van der Waals surface area contributed by atoms with Crippen molar-refractivity contribution in [1.29, 1.82) is 0 Å². The Morgan fingerprint density at radius 3 is 2.32 bits per heavy atom. The summed E-state index contributed by atoms with van der Waals surface area (Å²) in [6, 6.07) is 2.23. The van der Waals surface area contributed by atoms with Gasteiger partial charge in [-0.05, 0) is 55.7 Å². The molecule has 1 aromatic carbocycles. The van der Waals surface area contributed by atoms with Crippen LogP contribution in [0.4, 0.5) is 17.6 Å². The van der Waals surface area contributed by atoms with Crippen molar-refractivity contribution in [3.63, 3.8) is 0 Å². The van der Waals surface area contributed by atoms with Gasteiger partial charge in [-0.1, -0.05) is 18.5 Å². The van der Waals surface area contributed by atoms with Gasteiger partial charge in [0, 0.05) is 6.61 Å². The van der Waals surface area contributed by atoms with E-state index in [9.17, 15) is 17.6 Å². The third-order valence-corrected chi connectivity index (χ3v) is 4.35. The van der Waals surface area contributed by atoms with Gasteiger partial charge in [0.05, 0.1) is 11.1 Å². The molecule has 1 fully saturated rings. The smallest absolute Gasteiger partial charge is 0.378 e. The Morgan fingerprint density at radius 2 is 1.82 bits per heavy atom. The first kappa shape index (κ1) is 17.5. The standard InChI is InChI=1S/C16H19ClF4O/c1-2-7-22-12-5-3-10(4-6-12)11-8-13(17)15(14(18)9-11)16(19,20)21/h8-10,12H,2-7H2,1H3/t10-,12-. The van der Waals surface area contributed by atoms with E-state index in [1.165, 1.54) is 6.07 Å². The molecule has 1 nitrogen and oxygen atoms in total. The summed E-state index contributed by atoms with van der Waals surface area (Å²) in [5, 5.41) is -0.563. The highest BCUT2D eigenvalue weighted by Gasteiger charge is 2.37. The third-order valence-electron chi connectivity index (χ3n) is 4.05.